The Balaban J connectivity index is 1.38. The highest BCUT2D eigenvalue weighted by Gasteiger charge is 2.36. The Kier molecular flexibility index (Phi) is 18.6. The van der Waals surface area contributed by atoms with Gasteiger partial charge in [0.25, 0.3) is 0 Å². The summed E-state index contributed by atoms with van der Waals surface area (Å²) in [5, 5.41) is 0. The minimum absolute atomic E-state index is 0.00285. The van der Waals surface area contributed by atoms with Gasteiger partial charge in [0.1, 0.15) is 23.0 Å². The van der Waals surface area contributed by atoms with Gasteiger partial charge in [-0.3, -0.25) is 9.05 Å². The second kappa shape index (κ2) is 22.4. The Labute approximate surface area is 443 Å². The third-order valence-corrected chi connectivity index (χ3v) is 16.8. The van der Waals surface area contributed by atoms with Gasteiger partial charge in [0.2, 0.25) is 0 Å². The van der Waals surface area contributed by atoms with E-state index in [-0.39, 0.29) is 43.3 Å². The number of allylic oxidation sites excluding steroid dienone is 3. The van der Waals surface area contributed by atoms with Gasteiger partial charge in [0.05, 0.1) is 13.2 Å². The summed E-state index contributed by atoms with van der Waals surface area (Å²) in [6, 6.07) is 19.9. The van der Waals surface area contributed by atoms with Crippen molar-refractivity contribution >= 4 is 17.2 Å². The van der Waals surface area contributed by atoms with Crippen molar-refractivity contribution in [1.29, 1.82) is 0 Å². The van der Waals surface area contributed by atoms with Crippen LogP contribution in [0, 0.1) is 28.6 Å². The van der Waals surface area contributed by atoms with Crippen molar-refractivity contribution in [2.45, 2.75) is 231 Å². The second-order valence-electron chi connectivity index (χ2n) is 29.6. The van der Waals surface area contributed by atoms with Crippen LogP contribution >= 0.6 is 17.2 Å². The van der Waals surface area contributed by atoms with Gasteiger partial charge in [-0.2, -0.15) is 0 Å². The van der Waals surface area contributed by atoms with E-state index in [4.69, 9.17) is 27.1 Å². The SMILES string of the molecule is CC(C)(C)C1=C(OP(OCC2CCC(COP(Oc3ccc(C(C)(C)C)cc3C(C)(C)C)Oc3ccc(C(C)(C)C)cc3C(C)(C)C)CC2)Oc2ccc(C(C)(C)C)cc2C(C)(C)C)C=CC(C(C)(C)C)C1. The number of hydrogen-bond donors (Lipinski definition) is 0. The van der Waals surface area contributed by atoms with Crippen molar-refractivity contribution in [2.75, 3.05) is 13.2 Å². The predicted octanol–water partition coefficient (Wildman–Crippen LogP) is 20.2. The van der Waals surface area contributed by atoms with Crippen molar-refractivity contribution in [3.8, 4) is 17.2 Å². The molecule has 2 aliphatic rings. The highest BCUT2D eigenvalue weighted by molar-refractivity contribution is 7.42. The molecule has 0 spiro atoms. The van der Waals surface area contributed by atoms with Crippen LogP contribution in [0.3, 0.4) is 0 Å². The van der Waals surface area contributed by atoms with Crippen molar-refractivity contribution < 1.29 is 27.1 Å². The molecule has 0 aliphatic heterocycles. The predicted molar refractivity (Wildman–Crippen MR) is 309 cm³/mol. The lowest BCUT2D eigenvalue weighted by Crippen LogP contribution is -2.26. The molecule has 5 rings (SSSR count). The van der Waals surface area contributed by atoms with Crippen LogP contribution < -0.4 is 13.6 Å². The first-order valence-corrected chi connectivity index (χ1v) is 29.3. The summed E-state index contributed by atoms with van der Waals surface area (Å²) in [5.41, 5.74) is 8.24. The van der Waals surface area contributed by atoms with Crippen LogP contribution in [0.2, 0.25) is 0 Å². The first-order valence-electron chi connectivity index (χ1n) is 27.2. The zero-order valence-corrected chi connectivity index (χ0v) is 51.7. The largest absolute Gasteiger partial charge is 0.463 e. The first-order chi connectivity index (χ1) is 32.7. The van der Waals surface area contributed by atoms with Crippen LogP contribution in [0.5, 0.6) is 17.2 Å². The van der Waals surface area contributed by atoms with Gasteiger partial charge in [-0.05, 0) is 140 Å². The van der Waals surface area contributed by atoms with Crippen LogP contribution in [0.1, 0.15) is 232 Å². The summed E-state index contributed by atoms with van der Waals surface area (Å²) in [5.74, 6) is 4.49. The highest BCUT2D eigenvalue weighted by atomic mass is 31.2. The lowest BCUT2D eigenvalue weighted by Gasteiger charge is -2.37. The van der Waals surface area contributed by atoms with Crippen LogP contribution in [0.25, 0.3) is 0 Å². The van der Waals surface area contributed by atoms with Crippen LogP contribution in [0.4, 0.5) is 0 Å². The van der Waals surface area contributed by atoms with Crippen molar-refractivity contribution in [3.05, 3.63) is 111 Å². The van der Waals surface area contributed by atoms with E-state index in [0.717, 1.165) is 71.8 Å². The zero-order chi connectivity index (χ0) is 54.2. The van der Waals surface area contributed by atoms with Gasteiger partial charge in [-0.15, -0.1) is 0 Å². The summed E-state index contributed by atoms with van der Waals surface area (Å²) in [7, 11) is -3.59. The third-order valence-electron chi connectivity index (χ3n) is 14.7. The van der Waals surface area contributed by atoms with Gasteiger partial charge in [-0.25, -0.2) is 0 Å². The molecule has 0 aromatic heterocycles. The zero-order valence-electron chi connectivity index (χ0n) is 49.9. The molecule has 0 saturated heterocycles. The standard InChI is InChI=1S/C64H100O6P2/c1-57(2,3)45-29-33-53(49(37-45)61(13,14)15)67-71(68-54-34-30-46(58(4,5)6)38-50(54)62(16,17)18)65-41-43-25-27-44(28-26-43)42-66-72(69-55-35-31-47(59(7,8)9)39-51(55)63(19,20)21)70-56-36-32-48(60(10,11)12)40-52(56)64(22,23)24/h29-39,43-44,48H,25-28,40-42H2,1-24H3. The first kappa shape index (κ1) is 60.0. The van der Waals surface area contributed by atoms with Crippen molar-refractivity contribution in [3.63, 3.8) is 0 Å². The molecule has 0 bridgehead atoms. The van der Waals surface area contributed by atoms with E-state index in [0.29, 0.717) is 31.0 Å². The second-order valence-corrected chi connectivity index (χ2v) is 31.7. The number of benzene rings is 3. The average Bonchev–Trinajstić information content (AvgIpc) is 3.22. The fourth-order valence-corrected chi connectivity index (χ4v) is 11.6. The molecule has 0 radical (unpaired) electrons. The molecule has 2 aliphatic carbocycles. The molecule has 3 aromatic carbocycles. The van der Waals surface area contributed by atoms with Crippen LogP contribution in [0.15, 0.2) is 78.1 Å². The molecule has 0 N–H and O–H groups in total. The molecule has 6 nitrogen and oxygen atoms in total. The number of hydrogen-bond acceptors (Lipinski definition) is 6. The molecule has 1 saturated carbocycles. The quantitative estimate of drug-likeness (QED) is 0.150. The maximum atomic E-state index is 7.01. The van der Waals surface area contributed by atoms with Gasteiger partial charge in [-0.1, -0.05) is 209 Å². The fourth-order valence-electron chi connectivity index (χ4n) is 9.40. The molecule has 1 fully saturated rings. The van der Waals surface area contributed by atoms with Gasteiger partial charge >= 0.3 is 17.2 Å². The van der Waals surface area contributed by atoms with Crippen LogP contribution in [-0.2, 0) is 46.1 Å². The van der Waals surface area contributed by atoms with Gasteiger partial charge < -0.3 is 18.1 Å². The minimum atomic E-state index is -1.81. The molecule has 72 heavy (non-hydrogen) atoms. The molecule has 2 unspecified atom stereocenters. The van der Waals surface area contributed by atoms with Crippen molar-refractivity contribution in [2.24, 2.45) is 28.6 Å². The van der Waals surface area contributed by atoms with E-state index in [1.165, 1.54) is 22.3 Å². The van der Waals surface area contributed by atoms with Crippen molar-refractivity contribution in [1.82, 2.24) is 0 Å². The van der Waals surface area contributed by atoms with E-state index in [9.17, 15) is 0 Å². The van der Waals surface area contributed by atoms with E-state index in [1.807, 2.05) is 0 Å². The molecule has 402 valence electrons. The molecule has 8 heteroatoms. The summed E-state index contributed by atoms with van der Waals surface area (Å²) in [6.07, 6.45) is 9.57. The maximum Gasteiger partial charge on any atom is 0.463 e. The van der Waals surface area contributed by atoms with Gasteiger partial charge in [0, 0.05) is 16.7 Å². The Morgan fingerprint density at radius 2 is 0.722 bits per heavy atom. The van der Waals surface area contributed by atoms with E-state index in [1.54, 1.807) is 0 Å². The van der Waals surface area contributed by atoms with Crippen LogP contribution in [-0.4, -0.2) is 13.2 Å². The Morgan fingerprint density at radius 1 is 0.403 bits per heavy atom. The Hall–Kier alpha value is -2.88. The Morgan fingerprint density at radius 3 is 1.00 bits per heavy atom. The normalized spacial score (nSPS) is 19.4. The average molecular weight is 1030 g/mol. The monoisotopic (exact) mass is 1030 g/mol. The molecule has 0 heterocycles. The summed E-state index contributed by atoms with van der Waals surface area (Å²) in [6.45, 7) is 55.6. The summed E-state index contributed by atoms with van der Waals surface area (Å²) in [4.78, 5) is 0. The summed E-state index contributed by atoms with van der Waals surface area (Å²) >= 11 is 0. The minimum Gasteiger partial charge on any atom is -0.418 e. The topological polar surface area (TPSA) is 55.4 Å². The Bertz CT molecular complexity index is 2270. The third kappa shape index (κ3) is 16.6. The molecule has 0 amide bonds. The molecular formula is C64H100O6P2. The summed E-state index contributed by atoms with van der Waals surface area (Å²) < 4.78 is 41.7. The highest BCUT2D eigenvalue weighted by Crippen LogP contribution is 2.53. The number of rotatable bonds is 14. The molecular weight excluding hydrogens is 927 g/mol. The van der Waals surface area contributed by atoms with E-state index >= 15 is 0 Å². The molecule has 2 atom stereocenters. The lowest BCUT2D eigenvalue weighted by atomic mass is 9.70. The molecule has 3 aromatic rings. The smallest absolute Gasteiger partial charge is 0.418 e. The maximum absolute atomic E-state index is 7.01. The van der Waals surface area contributed by atoms with E-state index < -0.39 is 17.2 Å². The fraction of sp³-hybridized carbons (Fsp3) is 0.656. The van der Waals surface area contributed by atoms with Gasteiger partial charge in [0.15, 0.2) is 0 Å². The van der Waals surface area contributed by atoms with E-state index in [2.05, 4.69) is 233 Å². The lowest BCUT2D eigenvalue weighted by molar-refractivity contribution is 0.132.